The fourth-order valence-corrected chi connectivity index (χ4v) is 2.16. The third kappa shape index (κ3) is 1.79. The van der Waals surface area contributed by atoms with Crippen LogP contribution in [-0.2, 0) is 0 Å². The molecule has 0 bridgehead atoms. The number of benzene rings is 2. The van der Waals surface area contributed by atoms with Gasteiger partial charge in [-0.2, -0.15) is 0 Å². The Morgan fingerprint density at radius 1 is 1.00 bits per heavy atom. The number of hydrogen-bond acceptors (Lipinski definition) is 2. The Bertz CT molecular complexity index is 570. The van der Waals surface area contributed by atoms with Gasteiger partial charge in [0.25, 0.3) is 0 Å². The molecule has 2 aromatic rings. The van der Waals surface area contributed by atoms with Crippen molar-refractivity contribution in [3.63, 3.8) is 0 Å². The standard InChI is InChI=1S/C14H12F2N2/c15-10-6-7-11-14(13(10)16)18-12(8-17-11)9-4-2-1-3-5-9/h1-7,12,17-18H,8H2. The first-order valence-corrected chi connectivity index (χ1v) is 5.79. The largest absolute Gasteiger partial charge is 0.381 e. The fourth-order valence-electron chi connectivity index (χ4n) is 2.16. The van der Waals surface area contributed by atoms with Crippen LogP contribution in [0.4, 0.5) is 20.2 Å². The molecule has 0 radical (unpaired) electrons. The molecule has 92 valence electrons. The monoisotopic (exact) mass is 246 g/mol. The zero-order chi connectivity index (χ0) is 12.5. The summed E-state index contributed by atoms with van der Waals surface area (Å²) in [5, 5.41) is 6.15. The lowest BCUT2D eigenvalue weighted by atomic mass is 10.0. The number of hydrogen-bond donors (Lipinski definition) is 2. The molecule has 2 nitrogen and oxygen atoms in total. The van der Waals surface area contributed by atoms with E-state index in [0.717, 1.165) is 11.6 Å². The summed E-state index contributed by atoms with van der Waals surface area (Å²) in [5.74, 6) is -1.67. The van der Waals surface area contributed by atoms with Gasteiger partial charge in [0.05, 0.1) is 17.4 Å². The molecular formula is C14H12F2N2. The number of rotatable bonds is 1. The molecule has 1 atom stereocenters. The van der Waals surface area contributed by atoms with E-state index in [1.165, 1.54) is 0 Å². The highest BCUT2D eigenvalue weighted by atomic mass is 19.2. The van der Waals surface area contributed by atoms with Gasteiger partial charge in [-0.05, 0) is 17.7 Å². The van der Waals surface area contributed by atoms with Crippen LogP contribution in [0, 0.1) is 11.6 Å². The summed E-state index contributed by atoms with van der Waals surface area (Å²) in [5.41, 5.74) is 1.84. The van der Waals surface area contributed by atoms with E-state index >= 15 is 0 Å². The van der Waals surface area contributed by atoms with Crippen molar-refractivity contribution in [1.82, 2.24) is 0 Å². The summed E-state index contributed by atoms with van der Waals surface area (Å²) in [6.45, 7) is 0.641. The predicted octanol–water partition coefficient (Wildman–Crippen LogP) is 3.54. The second-order valence-corrected chi connectivity index (χ2v) is 4.27. The van der Waals surface area contributed by atoms with E-state index in [9.17, 15) is 8.78 Å². The van der Waals surface area contributed by atoms with Gasteiger partial charge >= 0.3 is 0 Å². The normalized spacial score (nSPS) is 17.6. The first-order chi connectivity index (χ1) is 8.75. The minimum atomic E-state index is -0.836. The van der Waals surface area contributed by atoms with Gasteiger partial charge in [-0.15, -0.1) is 0 Å². The highest BCUT2D eigenvalue weighted by Gasteiger charge is 2.22. The molecule has 18 heavy (non-hydrogen) atoms. The molecule has 0 aliphatic carbocycles. The van der Waals surface area contributed by atoms with Crippen LogP contribution >= 0.6 is 0 Å². The summed E-state index contributed by atoms with van der Waals surface area (Å²) in [6, 6.07) is 12.3. The zero-order valence-corrected chi connectivity index (χ0v) is 9.58. The van der Waals surface area contributed by atoms with Crippen LogP contribution in [0.5, 0.6) is 0 Å². The summed E-state index contributed by atoms with van der Waals surface area (Å²) in [4.78, 5) is 0. The van der Waals surface area contributed by atoms with Crippen molar-refractivity contribution >= 4 is 11.4 Å². The van der Waals surface area contributed by atoms with Crippen LogP contribution in [0.25, 0.3) is 0 Å². The van der Waals surface area contributed by atoms with E-state index in [4.69, 9.17) is 0 Å². The molecule has 1 unspecified atom stereocenters. The van der Waals surface area contributed by atoms with Crippen LogP contribution < -0.4 is 10.6 Å². The van der Waals surface area contributed by atoms with Crippen LogP contribution in [0.2, 0.25) is 0 Å². The van der Waals surface area contributed by atoms with Crippen molar-refractivity contribution < 1.29 is 8.78 Å². The molecule has 2 aromatic carbocycles. The van der Waals surface area contributed by atoms with E-state index in [1.807, 2.05) is 30.3 Å². The lowest BCUT2D eigenvalue weighted by Gasteiger charge is -2.29. The number of halogens is 2. The molecule has 0 amide bonds. The minimum Gasteiger partial charge on any atom is -0.381 e. The SMILES string of the molecule is Fc1ccc2c(c1F)NC(c1ccccc1)CN2. The first kappa shape index (κ1) is 11.0. The van der Waals surface area contributed by atoms with Gasteiger partial charge in [0, 0.05) is 6.54 Å². The Morgan fingerprint density at radius 3 is 2.56 bits per heavy atom. The molecule has 1 aliphatic heterocycles. The maximum absolute atomic E-state index is 13.7. The van der Waals surface area contributed by atoms with Crippen molar-refractivity contribution in [2.75, 3.05) is 17.2 Å². The van der Waals surface area contributed by atoms with Gasteiger partial charge in [0.2, 0.25) is 0 Å². The smallest absolute Gasteiger partial charge is 0.184 e. The Morgan fingerprint density at radius 2 is 1.78 bits per heavy atom. The molecule has 2 N–H and O–H groups in total. The van der Waals surface area contributed by atoms with Gasteiger partial charge < -0.3 is 10.6 Å². The van der Waals surface area contributed by atoms with E-state index in [-0.39, 0.29) is 11.7 Å². The van der Waals surface area contributed by atoms with Gasteiger partial charge in [-0.3, -0.25) is 0 Å². The molecule has 0 saturated carbocycles. The van der Waals surface area contributed by atoms with Crippen molar-refractivity contribution in [1.29, 1.82) is 0 Å². The van der Waals surface area contributed by atoms with Gasteiger partial charge in [-0.1, -0.05) is 30.3 Å². The van der Waals surface area contributed by atoms with Crippen molar-refractivity contribution in [3.05, 3.63) is 59.7 Å². The Hall–Kier alpha value is -2.10. The van der Waals surface area contributed by atoms with Gasteiger partial charge in [-0.25, -0.2) is 8.78 Å². The van der Waals surface area contributed by atoms with Crippen molar-refractivity contribution in [3.8, 4) is 0 Å². The molecular weight excluding hydrogens is 234 g/mol. The number of fused-ring (bicyclic) bond motifs is 1. The minimum absolute atomic E-state index is 0.0602. The number of nitrogens with one attached hydrogen (secondary N) is 2. The maximum Gasteiger partial charge on any atom is 0.184 e. The lowest BCUT2D eigenvalue weighted by molar-refractivity contribution is 0.509. The molecule has 0 aromatic heterocycles. The lowest BCUT2D eigenvalue weighted by Crippen LogP contribution is -2.26. The Balaban J connectivity index is 1.96. The van der Waals surface area contributed by atoms with Crippen LogP contribution in [-0.4, -0.2) is 6.54 Å². The quantitative estimate of drug-likeness (QED) is 0.804. The highest BCUT2D eigenvalue weighted by molar-refractivity contribution is 5.72. The van der Waals surface area contributed by atoms with E-state index in [1.54, 1.807) is 6.07 Å². The van der Waals surface area contributed by atoms with Crippen LogP contribution in [0.15, 0.2) is 42.5 Å². The third-order valence-electron chi connectivity index (χ3n) is 3.11. The summed E-state index contributed by atoms with van der Waals surface area (Å²) >= 11 is 0. The summed E-state index contributed by atoms with van der Waals surface area (Å²) in [7, 11) is 0. The molecule has 0 spiro atoms. The Kier molecular flexibility index (Phi) is 2.63. The summed E-state index contributed by atoms with van der Waals surface area (Å²) in [6.07, 6.45) is 0. The molecule has 0 saturated heterocycles. The second-order valence-electron chi connectivity index (χ2n) is 4.27. The highest BCUT2D eigenvalue weighted by Crippen LogP contribution is 2.34. The van der Waals surface area contributed by atoms with Gasteiger partial charge in [0.15, 0.2) is 11.6 Å². The number of anilines is 2. The molecule has 0 fully saturated rings. The molecule has 4 heteroatoms. The third-order valence-corrected chi connectivity index (χ3v) is 3.11. The average molecular weight is 246 g/mol. The topological polar surface area (TPSA) is 24.1 Å². The first-order valence-electron chi connectivity index (χ1n) is 5.79. The van der Waals surface area contributed by atoms with E-state index < -0.39 is 11.6 Å². The van der Waals surface area contributed by atoms with Crippen LogP contribution in [0.3, 0.4) is 0 Å². The zero-order valence-electron chi connectivity index (χ0n) is 9.58. The predicted molar refractivity (Wildman–Crippen MR) is 67.7 cm³/mol. The van der Waals surface area contributed by atoms with Gasteiger partial charge in [0.1, 0.15) is 0 Å². The van der Waals surface area contributed by atoms with E-state index in [2.05, 4.69) is 10.6 Å². The summed E-state index contributed by atoms with van der Waals surface area (Å²) < 4.78 is 26.9. The second kappa shape index (κ2) is 4.29. The average Bonchev–Trinajstić information content (AvgIpc) is 2.44. The molecule has 3 rings (SSSR count). The van der Waals surface area contributed by atoms with E-state index in [0.29, 0.717) is 12.2 Å². The van der Waals surface area contributed by atoms with Crippen LogP contribution in [0.1, 0.15) is 11.6 Å². The molecule has 1 aliphatic rings. The van der Waals surface area contributed by atoms with Crippen molar-refractivity contribution in [2.24, 2.45) is 0 Å². The fraction of sp³-hybridized carbons (Fsp3) is 0.143. The maximum atomic E-state index is 13.7. The Labute approximate surface area is 104 Å². The van der Waals surface area contributed by atoms with Crippen molar-refractivity contribution in [2.45, 2.75) is 6.04 Å². The molecule has 1 heterocycles.